The standard InChI is InChI=1S/C17H14BrN3O4/c1-9-3-4-11(17(18)19-9)13-6-5-12(20(13)2)10-7-14(21(24)25)16(23)15(22)8-10/h3-8,22-23H,1-2H3. The van der Waals surface area contributed by atoms with Gasteiger partial charge in [0.1, 0.15) is 4.60 Å². The van der Waals surface area contributed by atoms with Crippen LogP contribution < -0.4 is 0 Å². The molecule has 0 unspecified atom stereocenters. The third kappa shape index (κ3) is 2.96. The number of hydrogen-bond acceptors (Lipinski definition) is 5. The molecule has 2 N–H and O–H groups in total. The first-order chi connectivity index (χ1) is 11.8. The number of aromatic nitrogens is 2. The number of hydrogen-bond donors (Lipinski definition) is 2. The van der Waals surface area contributed by atoms with Gasteiger partial charge in [0, 0.05) is 35.6 Å². The van der Waals surface area contributed by atoms with Crippen molar-refractivity contribution in [2.45, 2.75) is 6.92 Å². The van der Waals surface area contributed by atoms with Gasteiger partial charge >= 0.3 is 5.69 Å². The van der Waals surface area contributed by atoms with E-state index in [1.165, 1.54) is 12.1 Å². The summed E-state index contributed by atoms with van der Waals surface area (Å²) in [5, 5.41) is 30.5. The molecule has 128 valence electrons. The van der Waals surface area contributed by atoms with Gasteiger partial charge in [0.05, 0.1) is 10.6 Å². The van der Waals surface area contributed by atoms with Crippen molar-refractivity contribution in [3.63, 3.8) is 0 Å². The summed E-state index contributed by atoms with van der Waals surface area (Å²) >= 11 is 3.45. The third-order valence-corrected chi connectivity index (χ3v) is 4.55. The van der Waals surface area contributed by atoms with Gasteiger partial charge in [0.15, 0.2) is 5.75 Å². The molecule has 0 bridgehead atoms. The average molecular weight is 404 g/mol. The molecule has 0 saturated heterocycles. The van der Waals surface area contributed by atoms with Crippen LogP contribution in [0.3, 0.4) is 0 Å². The first kappa shape index (κ1) is 17.0. The van der Waals surface area contributed by atoms with Gasteiger partial charge in [-0.3, -0.25) is 10.1 Å². The molecule has 0 amide bonds. The topological polar surface area (TPSA) is 101 Å². The molecule has 0 aliphatic heterocycles. The molecule has 3 rings (SSSR count). The first-order valence-electron chi connectivity index (χ1n) is 7.29. The van der Waals surface area contributed by atoms with Gasteiger partial charge in [-0.25, -0.2) is 4.98 Å². The number of benzene rings is 1. The van der Waals surface area contributed by atoms with Gasteiger partial charge in [-0.05, 0) is 53.2 Å². The second kappa shape index (κ2) is 6.21. The second-order valence-corrected chi connectivity index (χ2v) is 6.33. The number of aryl methyl sites for hydroxylation is 1. The zero-order chi connectivity index (χ0) is 18.3. The largest absolute Gasteiger partial charge is 0.504 e. The molecule has 0 spiro atoms. The normalized spacial score (nSPS) is 10.8. The average Bonchev–Trinajstić information content (AvgIpc) is 2.91. The lowest BCUT2D eigenvalue weighted by molar-refractivity contribution is -0.385. The maximum atomic E-state index is 11.1. The van der Waals surface area contributed by atoms with E-state index in [2.05, 4.69) is 20.9 Å². The SMILES string of the molecule is Cc1ccc(-c2ccc(-c3cc(O)c(O)c([N+](=O)[O-])c3)n2C)c(Br)n1. The van der Waals surface area contributed by atoms with Crippen LogP contribution in [-0.2, 0) is 7.05 Å². The molecule has 0 atom stereocenters. The second-order valence-electron chi connectivity index (χ2n) is 5.57. The first-order valence-corrected chi connectivity index (χ1v) is 8.09. The summed E-state index contributed by atoms with van der Waals surface area (Å²) < 4.78 is 2.53. The molecule has 2 heterocycles. The Bertz CT molecular complexity index is 998. The molecule has 25 heavy (non-hydrogen) atoms. The number of halogens is 1. The highest BCUT2D eigenvalue weighted by Gasteiger charge is 2.21. The van der Waals surface area contributed by atoms with Gasteiger partial charge in [0.25, 0.3) is 0 Å². The van der Waals surface area contributed by atoms with E-state index in [9.17, 15) is 20.3 Å². The van der Waals surface area contributed by atoms with Crippen LogP contribution in [0.2, 0.25) is 0 Å². The van der Waals surface area contributed by atoms with E-state index in [-0.39, 0.29) is 0 Å². The predicted molar refractivity (Wildman–Crippen MR) is 96.5 cm³/mol. The van der Waals surface area contributed by atoms with Crippen molar-refractivity contribution in [2.75, 3.05) is 0 Å². The van der Waals surface area contributed by atoms with Crippen LogP contribution in [0, 0.1) is 17.0 Å². The lowest BCUT2D eigenvalue weighted by Gasteiger charge is -2.10. The van der Waals surface area contributed by atoms with Crippen molar-refractivity contribution in [2.24, 2.45) is 7.05 Å². The van der Waals surface area contributed by atoms with Gasteiger partial charge in [0.2, 0.25) is 5.75 Å². The van der Waals surface area contributed by atoms with Crippen LogP contribution in [0.4, 0.5) is 5.69 Å². The minimum absolute atomic E-state index is 0.423. The Morgan fingerprint density at radius 1 is 1.16 bits per heavy atom. The Labute approximate surface area is 151 Å². The van der Waals surface area contributed by atoms with Gasteiger partial charge in [-0.2, -0.15) is 0 Å². The Morgan fingerprint density at radius 3 is 2.48 bits per heavy atom. The van der Waals surface area contributed by atoms with Crippen LogP contribution in [-0.4, -0.2) is 24.7 Å². The molecule has 0 radical (unpaired) electrons. The Kier molecular flexibility index (Phi) is 4.22. The molecule has 7 nitrogen and oxygen atoms in total. The highest BCUT2D eigenvalue weighted by molar-refractivity contribution is 9.10. The number of pyridine rings is 1. The number of aromatic hydroxyl groups is 2. The summed E-state index contributed by atoms with van der Waals surface area (Å²) in [6.45, 7) is 1.89. The molecule has 3 aromatic rings. The van der Waals surface area contributed by atoms with Crippen LogP contribution in [0.25, 0.3) is 22.5 Å². The number of rotatable bonds is 3. The monoisotopic (exact) mass is 403 g/mol. The number of phenols is 2. The molecule has 0 fully saturated rings. The Balaban J connectivity index is 2.15. The minimum Gasteiger partial charge on any atom is -0.504 e. The van der Waals surface area contributed by atoms with Gasteiger partial charge in [-0.15, -0.1) is 0 Å². The number of nitro benzene ring substituents is 1. The highest BCUT2D eigenvalue weighted by atomic mass is 79.9. The Morgan fingerprint density at radius 2 is 1.84 bits per heavy atom. The molecule has 1 aromatic carbocycles. The van der Waals surface area contributed by atoms with E-state index in [0.717, 1.165) is 17.0 Å². The zero-order valence-corrected chi connectivity index (χ0v) is 15.0. The molecular weight excluding hydrogens is 390 g/mol. The van der Waals surface area contributed by atoms with E-state index in [1.54, 1.807) is 6.07 Å². The summed E-state index contributed by atoms with van der Waals surface area (Å²) in [5.74, 6) is -1.28. The highest BCUT2D eigenvalue weighted by Crippen LogP contribution is 2.40. The Hall–Kier alpha value is -2.87. The van der Waals surface area contributed by atoms with Crippen molar-refractivity contribution < 1.29 is 15.1 Å². The van der Waals surface area contributed by atoms with Crippen LogP contribution in [0.1, 0.15) is 5.69 Å². The van der Waals surface area contributed by atoms with Crippen LogP contribution in [0.5, 0.6) is 11.5 Å². The minimum atomic E-state index is -0.742. The molecule has 0 saturated carbocycles. The maximum Gasteiger partial charge on any atom is 0.315 e. The van der Waals surface area contributed by atoms with Gasteiger partial charge < -0.3 is 14.8 Å². The third-order valence-electron chi connectivity index (χ3n) is 3.95. The van der Waals surface area contributed by atoms with E-state index < -0.39 is 22.1 Å². The van der Waals surface area contributed by atoms with Crippen LogP contribution in [0.15, 0.2) is 41.0 Å². The summed E-state index contributed by atoms with van der Waals surface area (Å²) in [7, 11) is 1.81. The lowest BCUT2D eigenvalue weighted by atomic mass is 10.1. The van der Waals surface area contributed by atoms with Gasteiger partial charge in [-0.1, -0.05) is 0 Å². The number of nitro groups is 1. The molecule has 2 aromatic heterocycles. The molecule has 0 aliphatic carbocycles. The van der Waals surface area contributed by atoms with Crippen molar-refractivity contribution >= 4 is 21.6 Å². The smallest absolute Gasteiger partial charge is 0.315 e. The molecule has 8 heteroatoms. The van der Waals surface area contributed by atoms with Crippen molar-refractivity contribution in [1.29, 1.82) is 0 Å². The van der Waals surface area contributed by atoms with Crippen LogP contribution >= 0.6 is 15.9 Å². The molecule has 0 aliphatic rings. The number of phenolic OH excluding ortho intramolecular Hbond substituents is 2. The van der Waals surface area contributed by atoms with Crippen molar-refractivity contribution in [3.05, 3.63) is 56.8 Å². The summed E-state index contributed by atoms with van der Waals surface area (Å²) in [4.78, 5) is 14.7. The fourth-order valence-electron chi connectivity index (χ4n) is 2.68. The maximum absolute atomic E-state index is 11.1. The van der Waals surface area contributed by atoms with Crippen molar-refractivity contribution in [1.82, 2.24) is 9.55 Å². The predicted octanol–water partition coefficient (Wildman–Crippen LogP) is 4.14. The van der Waals surface area contributed by atoms with E-state index in [4.69, 9.17) is 0 Å². The summed E-state index contributed by atoms with van der Waals surface area (Å²) in [5.41, 5.74) is 3.13. The lowest BCUT2D eigenvalue weighted by Crippen LogP contribution is -1.97. The van der Waals surface area contributed by atoms with E-state index in [0.29, 0.717) is 15.9 Å². The fourth-order valence-corrected chi connectivity index (χ4v) is 3.29. The zero-order valence-electron chi connectivity index (χ0n) is 13.4. The quantitative estimate of drug-likeness (QED) is 0.296. The molecular formula is C17H14BrN3O4. The summed E-state index contributed by atoms with van der Waals surface area (Å²) in [6, 6.07) is 10.0. The fraction of sp³-hybridized carbons (Fsp3) is 0.118. The van der Waals surface area contributed by atoms with E-state index >= 15 is 0 Å². The summed E-state index contributed by atoms with van der Waals surface area (Å²) in [6.07, 6.45) is 0. The van der Waals surface area contributed by atoms with E-state index in [1.807, 2.05) is 36.7 Å². The number of nitrogens with zero attached hydrogens (tertiary/aromatic N) is 3. The van der Waals surface area contributed by atoms with Crippen molar-refractivity contribution in [3.8, 4) is 34.0 Å².